The molecule has 3 heteroatoms. The molecular formula is C24H29INO-. The monoisotopic (exact) mass is 474 g/mol. The van der Waals surface area contributed by atoms with Crippen LogP contribution in [0.3, 0.4) is 0 Å². The molecule has 4 rings (SSSR count). The molecule has 2 bridgehead atoms. The number of allylic oxidation sites excluding steroid dienone is 2. The Labute approximate surface area is 173 Å². The Morgan fingerprint density at radius 3 is 2.78 bits per heavy atom. The van der Waals surface area contributed by atoms with Crippen LogP contribution in [0.25, 0.3) is 0 Å². The van der Waals surface area contributed by atoms with Crippen molar-refractivity contribution in [2.24, 2.45) is 0 Å². The fourth-order valence-electron chi connectivity index (χ4n) is 4.89. The van der Waals surface area contributed by atoms with E-state index < -0.39 is 0 Å². The van der Waals surface area contributed by atoms with Gasteiger partial charge in [0.1, 0.15) is 0 Å². The van der Waals surface area contributed by atoms with E-state index in [4.69, 9.17) is 0 Å². The molecule has 2 aromatic carbocycles. The molecule has 0 spiro atoms. The topological polar surface area (TPSA) is 32.3 Å². The second kappa shape index (κ2) is 7.96. The summed E-state index contributed by atoms with van der Waals surface area (Å²) in [6.07, 6.45) is 10.9. The summed E-state index contributed by atoms with van der Waals surface area (Å²) in [5, 5.41) is 14.1. The standard InChI is InChI=1S/C24H29INO/c1-2-8-22-23(20-11-6-12-21(27)17-20)14-7-15-24(18-23,25-22)26-16-13-19-9-4-3-5-10-19/h2-6,8-12,17,22,26-27H,7,13-16,18H2,1H3/q-1/b8-2-/t22-,23+,24?/m0/s1. The van der Waals surface area contributed by atoms with Crippen molar-refractivity contribution in [1.82, 2.24) is 5.32 Å². The van der Waals surface area contributed by atoms with Gasteiger partial charge in [0.25, 0.3) is 0 Å². The molecule has 1 unspecified atom stereocenters. The van der Waals surface area contributed by atoms with Crippen molar-refractivity contribution < 1.29 is 26.3 Å². The van der Waals surface area contributed by atoms with E-state index in [0.717, 1.165) is 13.0 Å². The van der Waals surface area contributed by atoms with Crippen LogP contribution in [-0.4, -0.2) is 19.1 Å². The van der Waals surface area contributed by atoms with Gasteiger partial charge in [-0.15, -0.1) is 0 Å². The third kappa shape index (κ3) is 3.81. The van der Waals surface area contributed by atoms with E-state index in [1.165, 1.54) is 36.8 Å². The Balaban J connectivity index is 1.56. The number of halogens is 1. The van der Waals surface area contributed by atoms with Gasteiger partial charge in [-0.25, -0.2) is 0 Å². The van der Waals surface area contributed by atoms with Crippen LogP contribution in [0.4, 0.5) is 0 Å². The van der Waals surface area contributed by atoms with E-state index >= 15 is 0 Å². The molecule has 1 saturated heterocycles. The van der Waals surface area contributed by atoms with E-state index in [2.05, 4.69) is 60.8 Å². The first-order chi connectivity index (χ1) is 13.2. The van der Waals surface area contributed by atoms with Crippen LogP contribution in [0, 0.1) is 0 Å². The number of phenolic OH excluding ortho intramolecular Hbond substituents is 1. The third-order valence-electron chi connectivity index (χ3n) is 6.13. The summed E-state index contributed by atoms with van der Waals surface area (Å²) in [5.74, 6) is 0.402. The van der Waals surface area contributed by atoms with Gasteiger partial charge in [-0.1, -0.05) is 0 Å². The van der Waals surface area contributed by atoms with Gasteiger partial charge >= 0.3 is 174 Å². The fraction of sp³-hybridized carbons (Fsp3) is 0.417. The molecule has 0 radical (unpaired) electrons. The van der Waals surface area contributed by atoms with E-state index in [1.807, 2.05) is 12.1 Å². The summed E-state index contributed by atoms with van der Waals surface area (Å²) >= 11 is -0.00790. The molecule has 3 atom stereocenters. The molecule has 144 valence electrons. The molecule has 2 fully saturated rings. The Morgan fingerprint density at radius 2 is 2.00 bits per heavy atom. The van der Waals surface area contributed by atoms with E-state index in [9.17, 15) is 5.11 Å². The molecule has 2 N–H and O–H groups in total. The molecular weight excluding hydrogens is 445 g/mol. The Bertz CT molecular complexity index is 805. The molecule has 2 aromatic rings. The zero-order valence-electron chi connectivity index (χ0n) is 16.0. The van der Waals surface area contributed by atoms with Crippen LogP contribution in [0.15, 0.2) is 66.7 Å². The predicted molar refractivity (Wildman–Crippen MR) is 108 cm³/mol. The molecule has 1 heterocycles. The van der Waals surface area contributed by atoms with Crippen LogP contribution < -0.4 is 26.5 Å². The van der Waals surface area contributed by atoms with Gasteiger partial charge in [0.05, 0.1) is 0 Å². The Kier molecular flexibility index (Phi) is 5.60. The van der Waals surface area contributed by atoms with Gasteiger partial charge in [0, 0.05) is 0 Å². The quantitative estimate of drug-likeness (QED) is 0.290. The van der Waals surface area contributed by atoms with Crippen molar-refractivity contribution in [3.8, 4) is 5.75 Å². The predicted octanol–water partition coefficient (Wildman–Crippen LogP) is 1.78. The fourth-order valence-corrected chi connectivity index (χ4v) is 10.4. The zero-order chi connectivity index (χ0) is 18.7. The number of hydrogen-bond acceptors (Lipinski definition) is 2. The average molecular weight is 474 g/mol. The van der Waals surface area contributed by atoms with E-state index in [0.29, 0.717) is 13.2 Å². The van der Waals surface area contributed by atoms with Crippen molar-refractivity contribution in [2.45, 2.75) is 51.9 Å². The van der Waals surface area contributed by atoms with Crippen LogP contribution in [0.5, 0.6) is 5.75 Å². The van der Waals surface area contributed by atoms with Crippen molar-refractivity contribution in [1.29, 1.82) is 0 Å². The van der Waals surface area contributed by atoms with Crippen LogP contribution in [0.1, 0.15) is 43.7 Å². The van der Waals surface area contributed by atoms with Gasteiger partial charge in [0.2, 0.25) is 0 Å². The molecule has 1 aliphatic heterocycles. The first kappa shape index (κ1) is 19.0. The SMILES string of the molecule is C/C=C\[C@@H]1[I-]C2(NCCc3ccccc3)CCC[C@]1(c1cccc(O)c1)C2. The van der Waals surface area contributed by atoms with Crippen LogP contribution in [-0.2, 0) is 11.8 Å². The number of aromatic hydroxyl groups is 1. The maximum absolute atomic E-state index is 10.1. The number of benzene rings is 2. The van der Waals surface area contributed by atoms with Crippen molar-refractivity contribution in [2.75, 3.05) is 6.54 Å². The number of alkyl halides is 2. The third-order valence-corrected chi connectivity index (χ3v) is 10.9. The van der Waals surface area contributed by atoms with Crippen molar-refractivity contribution >= 4 is 0 Å². The van der Waals surface area contributed by atoms with Gasteiger partial charge in [-0.05, 0) is 0 Å². The molecule has 0 aromatic heterocycles. The number of hydrogen-bond donors (Lipinski definition) is 2. The number of nitrogens with one attached hydrogen (secondary N) is 1. The summed E-state index contributed by atoms with van der Waals surface area (Å²) in [4.78, 5) is 0. The number of fused-ring (bicyclic) bond motifs is 2. The summed E-state index contributed by atoms with van der Waals surface area (Å²) in [6, 6.07) is 18.9. The van der Waals surface area contributed by atoms with Crippen LogP contribution in [0.2, 0.25) is 0 Å². The van der Waals surface area contributed by atoms with Gasteiger partial charge in [0.15, 0.2) is 0 Å². The molecule has 2 nitrogen and oxygen atoms in total. The van der Waals surface area contributed by atoms with Crippen molar-refractivity contribution in [3.05, 3.63) is 77.9 Å². The van der Waals surface area contributed by atoms with Gasteiger partial charge < -0.3 is 0 Å². The van der Waals surface area contributed by atoms with E-state index in [1.54, 1.807) is 6.07 Å². The molecule has 2 aliphatic rings. The minimum absolute atomic E-state index is 0.00790. The zero-order valence-corrected chi connectivity index (χ0v) is 18.2. The summed E-state index contributed by atoms with van der Waals surface area (Å²) < 4.78 is 0.983. The number of phenols is 1. The Hall–Kier alpha value is -1.33. The summed E-state index contributed by atoms with van der Waals surface area (Å²) in [5.41, 5.74) is 2.96. The Morgan fingerprint density at radius 1 is 1.15 bits per heavy atom. The van der Waals surface area contributed by atoms with Crippen molar-refractivity contribution in [3.63, 3.8) is 0 Å². The first-order valence-corrected chi connectivity index (χ1v) is 12.3. The van der Waals surface area contributed by atoms with Gasteiger partial charge in [-0.3, -0.25) is 0 Å². The molecule has 27 heavy (non-hydrogen) atoms. The molecule has 0 amide bonds. The normalized spacial score (nSPS) is 30.3. The maximum atomic E-state index is 10.1. The van der Waals surface area contributed by atoms with E-state index in [-0.39, 0.29) is 26.6 Å². The summed E-state index contributed by atoms with van der Waals surface area (Å²) in [6.45, 7) is 3.21. The van der Waals surface area contributed by atoms with Gasteiger partial charge in [-0.2, -0.15) is 0 Å². The molecule has 1 aliphatic carbocycles. The summed E-state index contributed by atoms with van der Waals surface area (Å²) in [7, 11) is 0. The van der Waals surface area contributed by atoms with Crippen LogP contribution >= 0.6 is 0 Å². The first-order valence-electron chi connectivity index (χ1n) is 10.0. The molecule has 1 saturated carbocycles. The average Bonchev–Trinajstić information content (AvgIpc) is 2.90. The number of rotatable bonds is 6. The second-order valence-electron chi connectivity index (χ2n) is 7.90. The second-order valence-corrected chi connectivity index (χ2v) is 11.9. The minimum atomic E-state index is -0.00790.